The Kier molecular flexibility index (Phi) is 9.40. The SMILES string of the molecule is C=CCCC1CCC(CCC2CCC(c3ccc4cc(OCC=CC)c(F)c(F)c4c3)CC2)CC1. The Morgan fingerprint density at radius 1 is 0.857 bits per heavy atom. The molecule has 190 valence electrons. The van der Waals surface area contributed by atoms with Crippen LogP contribution in [0.5, 0.6) is 5.75 Å². The van der Waals surface area contributed by atoms with Crippen LogP contribution in [0.4, 0.5) is 8.78 Å². The summed E-state index contributed by atoms with van der Waals surface area (Å²) in [6.45, 7) is 5.96. The maximum absolute atomic E-state index is 14.9. The first-order valence-corrected chi connectivity index (χ1v) is 13.9. The fraction of sp³-hybridized carbons (Fsp3) is 0.562. The lowest BCUT2D eigenvalue weighted by molar-refractivity contribution is 0.225. The lowest BCUT2D eigenvalue weighted by atomic mass is 9.74. The van der Waals surface area contributed by atoms with Crippen LogP contribution in [0.15, 0.2) is 49.1 Å². The molecule has 4 rings (SSSR count). The minimum Gasteiger partial charge on any atom is -0.486 e. The molecular formula is C32H42F2O. The minimum atomic E-state index is -0.891. The van der Waals surface area contributed by atoms with Gasteiger partial charge in [0.25, 0.3) is 0 Å². The molecule has 0 spiro atoms. The molecule has 2 aromatic rings. The summed E-state index contributed by atoms with van der Waals surface area (Å²) >= 11 is 0. The molecule has 2 aliphatic rings. The van der Waals surface area contributed by atoms with E-state index < -0.39 is 11.6 Å². The quantitative estimate of drug-likeness (QED) is 0.307. The van der Waals surface area contributed by atoms with E-state index in [4.69, 9.17) is 4.74 Å². The number of allylic oxidation sites excluding steroid dienone is 2. The standard InChI is InChI=1S/C32H42F2O/c1-3-5-7-23-8-10-24(11-9-23)12-13-25-14-16-26(17-15-25)27-18-19-28-22-30(35-20-6-4-2)32(34)31(33)29(28)21-27/h3-4,6,18-19,21-26H,1,5,7-17,20H2,2H3. The second-order valence-corrected chi connectivity index (χ2v) is 10.9. The van der Waals surface area contributed by atoms with Crippen LogP contribution in [0.2, 0.25) is 0 Å². The van der Waals surface area contributed by atoms with Crippen LogP contribution >= 0.6 is 0 Å². The predicted molar refractivity (Wildman–Crippen MR) is 143 cm³/mol. The summed E-state index contributed by atoms with van der Waals surface area (Å²) in [5, 5.41) is 1.06. The van der Waals surface area contributed by atoms with Crippen LogP contribution in [0.3, 0.4) is 0 Å². The van der Waals surface area contributed by atoms with Gasteiger partial charge in [-0.25, -0.2) is 4.39 Å². The number of halogens is 2. The molecule has 35 heavy (non-hydrogen) atoms. The number of ether oxygens (including phenoxy) is 1. The highest BCUT2D eigenvalue weighted by Gasteiger charge is 2.26. The number of hydrogen-bond donors (Lipinski definition) is 0. The number of rotatable bonds is 10. The minimum absolute atomic E-state index is 0.0217. The Bertz CT molecular complexity index is 994. The molecule has 2 aliphatic carbocycles. The van der Waals surface area contributed by atoms with E-state index in [0.29, 0.717) is 16.7 Å². The summed E-state index contributed by atoms with van der Waals surface area (Å²) in [4.78, 5) is 0. The summed E-state index contributed by atoms with van der Waals surface area (Å²) in [6.07, 6.45) is 21.4. The van der Waals surface area contributed by atoms with Gasteiger partial charge in [0, 0.05) is 5.39 Å². The topological polar surface area (TPSA) is 9.23 Å². The van der Waals surface area contributed by atoms with Crippen molar-refractivity contribution in [2.24, 2.45) is 17.8 Å². The van der Waals surface area contributed by atoms with Gasteiger partial charge in [0.2, 0.25) is 5.82 Å². The van der Waals surface area contributed by atoms with Gasteiger partial charge in [-0.15, -0.1) is 6.58 Å². The van der Waals surface area contributed by atoms with Gasteiger partial charge in [-0.1, -0.05) is 68.9 Å². The maximum Gasteiger partial charge on any atom is 0.201 e. The molecule has 2 aromatic carbocycles. The molecule has 0 radical (unpaired) electrons. The zero-order chi connectivity index (χ0) is 24.6. The van der Waals surface area contributed by atoms with Crippen molar-refractivity contribution in [3.8, 4) is 5.75 Å². The summed E-state index contributed by atoms with van der Waals surface area (Å²) in [6, 6.07) is 7.52. The van der Waals surface area contributed by atoms with E-state index >= 15 is 0 Å². The Balaban J connectivity index is 1.28. The summed E-state index contributed by atoms with van der Waals surface area (Å²) in [5.74, 6) is 1.42. The molecule has 0 aliphatic heterocycles. The highest BCUT2D eigenvalue weighted by atomic mass is 19.2. The predicted octanol–water partition coefficient (Wildman–Crippen LogP) is 9.90. The van der Waals surface area contributed by atoms with Crippen molar-refractivity contribution in [3.05, 3.63) is 66.3 Å². The van der Waals surface area contributed by atoms with Crippen LogP contribution in [0.1, 0.15) is 95.5 Å². The van der Waals surface area contributed by atoms with E-state index in [2.05, 4.69) is 18.7 Å². The van der Waals surface area contributed by atoms with Gasteiger partial charge in [0.1, 0.15) is 6.61 Å². The fourth-order valence-corrected chi connectivity index (χ4v) is 6.33. The van der Waals surface area contributed by atoms with E-state index in [1.165, 1.54) is 64.2 Å². The first kappa shape index (κ1) is 25.9. The molecule has 1 nitrogen and oxygen atoms in total. The van der Waals surface area contributed by atoms with Crippen molar-refractivity contribution >= 4 is 10.8 Å². The third-order valence-electron chi connectivity index (χ3n) is 8.63. The Hall–Kier alpha value is -2.16. The van der Waals surface area contributed by atoms with Gasteiger partial charge >= 0.3 is 0 Å². The zero-order valence-electron chi connectivity index (χ0n) is 21.4. The monoisotopic (exact) mass is 480 g/mol. The lowest BCUT2D eigenvalue weighted by Crippen LogP contribution is -2.17. The van der Waals surface area contributed by atoms with E-state index in [9.17, 15) is 8.78 Å². The molecule has 3 heteroatoms. The van der Waals surface area contributed by atoms with Crippen LogP contribution in [0.25, 0.3) is 10.8 Å². The normalized spacial score (nSPS) is 25.2. The van der Waals surface area contributed by atoms with Gasteiger partial charge in [-0.3, -0.25) is 0 Å². The Morgan fingerprint density at radius 2 is 1.49 bits per heavy atom. The van der Waals surface area contributed by atoms with Crippen LogP contribution < -0.4 is 4.74 Å². The summed E-state index contributed by atoms with van der Waals surface area (Å²) in [5.41, 5.74) is 1.15. The van der Waals surface area contributed by atoms with Crippen LogP contribution in [0, 0.1) is 29.4 Å². The summed E-state index contributed by atoms with van der Waals surface area (Å²) in [7, 11) is 0. The van der Waals surface area contributed by atoms with Gasteiger partial charge in [0.15, 0.2) is 11.6 Å². The van der Waals surface area contributed by atoms with Gasteiger partial charge in [0.05, 0.1) is 0 Å². The van der Waals surface area contributed by atoms with E-state index in [-0.39, 0.29) is 12.4 Å². The molecule has 2 fully saturated rings. The van der Waals surface area contributed by atoms with Gasteiger partial charge in [-0.2, -0.15) is 4.39 Å². The molecule has 0 saturated heterocycles. The van der Waals surface area contributed by atoms with Crippen molar-refractivity contribution in [2.75, 3.05) is 6.61 Å². The molecule has 0 unspecified atom stereocenters. The molecule has 0 atom stereocenters. The zero-order valence-corrected chi connectivity index (χ0v) is 21.4. The van der Waals surface area contributed by atoms with Crippen molar-refractivity contribution in [2.45, 2.75) is 89.9 Å². The lowest BCUT2D eigenvalue weighted by Gasteiger charge is -2.32. The maximum atomic E-state index is 14.9. The first-order valence-electron chi connectivity index (χ1n) is 13.9. The highest BCUT2D eigenvalue weighted by molar-refractivity contribution is 5.85. The third-order valence-corrected chi connectivity index (χ3v) is 8.63. The second-order valence-electron chi connectivity index (χ2n) is 10.9. The van der Waals surface area contributed by atoms with Crippen molar-refractivity contribution in [1.82, 2.24) is 0 Å². The van der Waals surface area contributed by atoms with E-state index in [1.54, 1.807) is 12.1 Å². The average molecular weight is 481 g/mol. The average Bonchev–Trinajstić information content (AvgIpc) is 2.90. The van der Waals surface area contributed by atoms with E-state index in [1.807, 2.05) is 25.1 Å². The molecule has 0 bridgehead atoms. The largest absolute Gasteiger partial charge is 0.486 e. The number of hydrogen-bond acceptors (Lipinski definition) is 1. The first-order chi connectivity index (χ1) is 17.1. The number of benzene rings is 2. The second kappa shape index (κ2) is 12.7. The van der Waals surface area contributed by atoms with Crippen molar-refractivity contribution in [1.29, 1.82) is 0 Å². The van der Waals surface area contributed by atoms with Crippen LogP contribution in [-0.4, -0.2) is 6.61 Å². The van der Waals surface area contributed by atoms with Crippen molar-refractivity contribution < 1.29 is 13.5 Å². The van der Waals surface area contributed by atoms with Crippen molar-refractivity contribution in [3.63, 3.8) is 0 Å². The molecule has 0 amide bonds. The van der Waals surface area contributed by atoms with Gasteiger partial charge in [-0.05, 0) is 92.2 Å². The number of fused-ring (bicyclic) bond motifs is 1. The van der Waals surface area contributed by atoms with Gasteiger partial charge < -0.3 is 4.74 Å². The third kappa shape index (κ3) is 6.74. The van der Waals surface area contributed by atoms with E-state index in [0.717, 1.165) is 36.2 Å². The molecule has 0 heterocycles. The Labute approximate surface area is 210 Å². The molecular weight excluding hydrogens is 438 g/mol. The molecule has 0 N–H and O–H groups in total. The smallest absolute Gasteiger partial charge is 0.201 e. The molecule has 0 aromatic heterocycles. The van der Waals surface area contributed by atoms with Crippen LogP contribution in [-0.2, 0) is 0 Å². The fourth-order valence-electron chi connectivity index (χ4n) is 6.33. The summed E-state index contributed by atoms with van der Waals surface area (Å²) < 4.78 is 34.8. The highest BCUT2D eigenvalue weighted by Crippen LogP contribution is 2.41. The molecule has 2 saturated carbocycles. The Morgan fingerprint density at radius 3 is 2.11 bits per heavy atom.